The number of Topliss-reactive ketones (excluding diaryl/α,β-unsaturated/α-hetero) is 1. The number of hydrogen-bond donors (Lipinski definition) is 1. The summed E-state index contributed by atoms with van der Waals surface area (Å²) in [6.45, 7) is 2.51. The van der Waals surface area contributed by atoms with E-state index in [1.165, 1.54) is 24.0 Å². The normalized spacial score (nSPS) is 19.4. The monoisotopic (exact) mass is 230 g/mol. The second kappa shape index (κ2) is 4.24. The van der Waals surface area contributed by atoms with Gasteiger partial charge in [-0.1, -0.05) is 12.1 Å². The van der Waals surface area contributed by atoms with Gasteiger partial charge in [0.1, 0.15) is 0 Å². The first-order valence-corrected chi connectivity index (χ1v) is 6.37. The van der Waals surface area contributed by atoms with Gasteiger partial charge in [-0.3, -0.25) is 9.69 Å². The summed E-state index contributed by atoms with van der Waals surface area (Å²) in [4.78, 5) is 14.3. The van der Waals surface area contributed by atoms with E-state index in [4.69, 9.17) is 5.73 Å². The van der Waals surface area contributed by atoms with Crippen LogP contribution in [0, 0.1) is 0 Å². The standard InChI is InChI=1S/C14H18N2O/c15-6-5-14(17)10-1-2-11-8-16(13-3-4-13)9-12(11)7-10/h1-2,7,13H,3-6,8-9,15H2. The van der Waals surface area contributed by atoms with Crippen molar-refractivity contribution < 1.29 is 4.79 Å². The molecule has 2 aliphatic rings. The first-order chi connectivity index (χ1) is 8.28. The predicted octanol–water partition coefficient (Wildman–Crippen LogP) is 1.70. The van der Waals surface area contributed by atoms with Crippen LogP contribution < -0.4 is 5.73 Å². The van der Waals surface area contributed by atoms with Crippen LogP contribution in [-0.2, 0) is 13.1 Å². The summed E-state index contributed by atoms with van der Waals surface area (Å²) in [5, 5.41) is 0. The van der Waals surface area contributed by atoms with Gasteiger partial charge in [0.05, 0.1) is 0 Å². The maximum atomic E-state index is 11.8. The van der Waals surface area contributed by atoms with E-state index in [1.54, 1.807) is 0 Å². The van der Waals surface area contributed by atoms with Crippen molar-refractivity contribution >= 4 is 5.78 Å². The van der Waals surface area contributed by atoms with Crippen LogP contribution in [0.25, 0.3) is 0 Å². The van der Waals surface area contributed by atoms with Gasteiger partial charge in [-0.2, -0.15) is 0 Å². The molecule has 1 aromatic rings. The third-order valence-corrected chi connectivity index (χ3v) is 3.71. The van der Waals surface area contributed by atoms with Crippen molar-refractivity contribution in [2.24, 2.45) is 5.73 Å². The van der Waals surface area contributed by atoms with Crippen LogP contribution in [0.1, 0.15) is 40.7 Å². The second-order valence-electron chi connectivity index (χ2n) is 5.08. The molecular formula is C14H18N2O. The molecule has 0 radical (unpaired) electrons. The second-order valence-corrected chi connectivity index (χ2v) is 5.08. The van der Waals surface area contributed by atoms with E-state index in [9.17, 15) is 4.79 Å². The van der Waals surface area contributed by atoms with Gasteiger partial charge in [0.2, 0.25) is 0 Å². The summed E-state index contributed by atoms with van der Waals surface area (Å²) in [7, 11) is 0. The number of carbonyl (C=O) groups excluding carboxylic acids is 1. The zero-order valence-corrected chi connectivity index (χ0v) is 9.98. The molecule has 1 aromatic carbocycles. The van der Waals surface area contributed by atoms with Crippen LogP contribution in [0.5, 0.6) is 0 Å². The molecule has 1 fully saturated rings. The maximum absolute atomic E-state index is 11.8. The highest BCUT2D eigenvalue weighted by Gasteiger charge is 2.32. The SMILES string of the molecule is NCCC(=O)c1ccc2c(c1)CN(C1CC1)C2. The van der Waals surface area contributed by atoms with Gasteiger partial charge in [0.25, 0.3) is 0 Å². The van der Waals surface area contributed by atoms with Gasteiger partial charge in [-0.05, 0) is 36.6 Å². The Labute approximate surface area is 102 Å². The van der Waals surface area contributed by atoms with E-state index < -0.39 is 0 Å². The molecular weight excluding hydrogens is 212 g/mol. The van der Waals surface area contributed by atoms with Crippen molar-refractivity contribution in [3.8, 4) is 0 Å². The maximum Gasteiger partial charge on any atom is 0.164 e. The fourth-order valence-corrected chi connectivity index (χ4v) is 2.57. The molecule has 1 aliphatic heterocycles. The number of ketones is 1. The summed E-state index contributed by atoms with van der Waals surface area (Å²) in [5.41, 5.74) is 8.97. The Morgan fingerprint density at radius 3 is 2.76 bits per heavy atom. The molecule has 0 aromatic heterocycles. The van der Waals surface area contributed by atoms with Crippen LogP contribution in [0.2, 0.25) is 0 Å². The lowest BCUT2D eigenvalue weighted by Gasteiger charge is -2.11. The molecule has 1 saturated carbocycles. The summed E-state index contributed by atoms with van der Waals surface area (Å²) in [5.74, 6) is 0.167. The molecule has 0 bridgehead atoms. The lowest BCUT2D eigenvalue weighted by Crippen LogP contribution is -2.18. The Bertz CT molecular complexity index is 452. The highest BCUT2D eigenvalue weighted by atomic mass is 16.1. The zero-order chi connectivity index (χ0) is 11.8. The summed E-state index contributed by atoms with van der Waals surface area (Å²) in [6, 6.07) is 6.93. The Kier molecular flexibility index (Phi) is 2.73. The Balaban J connectivity index is 1.79. The third kappa shape index (κ3) is 2.13. The van der Waals surface area contributed by atoms with Crippen LogP contribution in [0.3, 0.4) is 0 Å². The van der Waals surface area contributed by atoms with Gasteiger partial charge in [0.15, 0.2) is 5.78 Å². The molecule has 0 saturated heterocycles. The number of carbonyl (C=O) groups is 1. The molecule has 17 heavy (non-hydrogen) atoms. The Morgan fingerprint density at radius 1 is 1.29 bits per heavy atom. The van der Waals surface area contributed by atoms with Crippen molar-refractivity contribution in [3.63, 3.8) is 0 Å². The summed E-state index contributed by atoms with van der Waals surface area (Å²) >= 11 is 0. The first kappa shape index (κ1) is 10.9. The lowest BCUT2D eigenvalue weighted by molar-refractivity contribution is 0.0985. The van der Waals surface area contributed by atoms with Crippen molar-refractivity contribution in [3.05, 3.63) is 34.9 Å². The zero-order valence-electron chi connectivity index (χ0n) is 9.98. The largest absolute Gasteiger partial charge is 0.330 e. The predicted molar refractivity (Wildman–Crippen MR) is 66.7 cm³/mol. The van der Waals surface area contributed by atoms with Crippen LogP contribution in [0.15, 0.2) is 18.2 Å². The topological polar surface area (TPSA) is 46.3 Å². The quantitative estimate of drug-likeness (QED) is 0.801. The molecule has 3 nitrogen and oxygen atoms in total. The van der Waals surface area contributed by atoms with Crippen LogP contribution in [0.4, 0.5) is 0 Å². The molecule has 1 heterocycles. The summed E-state index contributed by atoms with van der Waals surface area (Å²) in [6.07, 6.45) is 3.13. The van der Waals surface area contributed by atoms with E-state index in [1.807, 2.05) is 6.07 Å². The molecule has 90 valence electrons. The molecule has 0 spiro atoms. The van der Waals surface area contributed by atoms with Gasteiger partial charge >= 0.3 is 0 Å². The van der Waals surface area contributed by atoms with Crippen molar-refractivity contribution in [2.75, 3.05) is 6.54 Å². The molecule has 3 rings (SSSR count). The minimum Gasteiger partial charge on any atom is -0.330 e. The van der Waals surface area contributed by atoms with Crippen molar-refractivity contribution in [1.82, 2.24) is 4.90 Å². The molecule has 2 N–H and O–H groups in total. The minimum atomic E-state index is 0.167. The Morgan fingerprint density at radius 2 is 2.06 bits per heavy atom. The average Bonchev–Trinajstić information content (AvgIpc) is 3.08. The number of hydrogen-bond acceptors (Lipinski definition) is 3. The molecule has 3 heteroatoms. The van der Waals surface area contributed by atoms with E-state index in [0.29, 0.717) is 13.0 Å². The van der Waals surface area contributed by atoms with Gasteiger partial charge in [0, 0.05) is 31.1 Å². The Hall–Kier alpha value is -1.19. The first-order valence-electron chi connectivity index (χ1n) is 6.37. The number of nitrogens with two attached hydrogens (primary N) is 1. The fourth-order valence-electron chi connectivity index (χ4n) is 2.57. The number of benzene rings is 1. The van der Waals surface area contributed by atoms with Gasteiger partial charge < -0.3 is 5.73 Å². The molecule has 0 amide bonds. The molecule has 0 atom stereocenters. The van der Waals surface area contributed by atoms with Gasteiger partial charge in [-0.25, -0.2) is 0 Å². The number of nitrogens with zero attached hydrogens (tertiary/aromatic N) is 1. The fraction of sp³-hybridized carbons (Fsp3) is 0.500. The number of fused-ring (bicyclic) bond motifs is 1. The molecule has 1 aliphatic carbocycles. The van der Waals surface area contributed by atoms with E-state index >= 15 is 0 Å². The highest BCUT2D eigenvalue weighted by Crippen LogP contribution is 2.34. The third-order valence-electron chi connectivity index (χ3n) is 3.71. The molecule has 0 unspecified atom stereocenters. The van der Waals surface area contributed by atoms with Crippen LogP contribution in [-0.4, -0.2) is 23.3 Å². The van der Waals surface area contributed by atoms with Crippen LogP contribution >= 0.6 is 0 Å². The highest BCUT2D eigenvalue weighted by molar-refractivity contribution is 5.96. The lowest BCUT2D eigenvalue weighted by atomic mass is 10.0. The van der Waals surface area contributed by atoms with Crippen molar-refractivity contribution in [1.29, 1.82) is 0 Å². The van der Waals surface area contributed by atoms with E-state index in [0.717, 1.165) is 24.7 Å². The number of rotatable bonds is 4. The van der Waals surface area contributed by atoms with E-state index in [2.05, 4.69) is 17.0 Å². The average molecular weight is 230 g/mol. The van der Waals surface area contributed by atoms with E-state index in [-0.39, 0.29) is 5.78 Å². The van der Waals surface area contributed by atoms with Crippen molar-refractivity contribution in [2.45, 2.75) is 38.4 Å². The smallest absolute Gasteiger partial charge is 0.164 e. The minimum absolute atomic E-state index is 0.167. The van der Waals surface area contributed by atoms with Gasteiger partial charge in [-0.15, -0.1) is 0 Å². The summed E-state index contributed by atoms with van der Waals surface area (Å²) < 4.78 is 0.